The summed E-state index contributed by atoms with van der Waals surface area (Å²) in [5.41, 5.74) is 4.04. The van der Waals surface area contributed by atoms with Crippen LogP contribution in [0.1, 0.15) is 43.7 Å². The number of rotatable bonds is 2. The van der Waals surface area contributed by atoms with Crippen molar-refractivity contribution in [2.45, 2.75) is 33.1 Å². The first kappa shape index (κ1) is 13.5. The smallest absolute Gasteiger partial charge is 0.159 e. The van der Waals surface area contributed by atoms with Gasteiger partial charge in [0.25, 0.3) is 0 Å². The second kappa shape index (κ2) is 4.65. The van der Waals surface area contributed by atoms with Crippen molar-refractivity contribution in [3.8, 4) is 11.1 Å². The summed E-state index contributed by atoms with van der Waals surface area (Å²) >= 11 is 0. The zero-order chi connectivity index (χ0) is 14.2. The Balaban J connectivity index is 2.50. The third-order valence-corrected chi connectivity index (χ3v) is 3.14. The molecule has 0 saturated heterocycles. The van der Waals surface area contributed by atoms with Crippen LogP contribution in [0.5, 0.6) is 0 Å². The Bertz CT molecular complexity index is 601. The number of hydrogen-bond donors (Lipinski definition) is 0. The van der Waals surface area contributed by atoms with Crippen LogP contribution in [0.3, 0.4) is 0 Å². The van der Waals surface area contributed by atoms with Crippen molar-refractivity contribution in [2.75, 3.05) is 0 Å². The summed E-state index contributed by atoms with van der Waals surface area (Å²) in [6.07, 6.45) is 2.03. The first-order valence-corrected chi connectivity index (χ1v) is 6.44. The van der Waals surface area contributed by atoms with Crippen LogP contribution >= 0.6 is 0 Å². The van der Waals surface area contributed by atoms with Crippen LogP contribution in [0.4, 0.5) is 0 Å². The highest BCUT2D eigenvalue weighted by Gasteiger charge is 2.22. The van der Waals surface area contributed by atoms with E-state index in [1.165, 1.54) is 0 Å². The molecule has 0 radical (unpaired) electrons. The standard InChI is InChI=1S/C16H20N2O/c1-11(19)12-6-8-13(9-7-12)14-10-18(5)17-15(14)16(2,3)4/h6-10H,1-5H3. The average molecular weight is 256 g/mol. The third kappa shape index (κ3) is 2.75. The SMILES string of the molecule is CC(=O)c1ccc(-c2cn(C)nc2C(C)(C)C)cc1. The van der Waals surface area contributed by atoms with Crippen molar-refractivity contribution in [1.29, 1.82) is 0 Å². The van der Waals surface area contributed by atoms with Crippen molar-refractivity contribution in [3.05, 3.63) is 41.7 Å². The van der Waals surface area contributed by atoms with Gasteiger partial charge in [0.05, 0.1) is 5.69 Å². The predicted octanol–water partition coefficient (Wildman–Crippen LogP) is 3.59. The molecule has 0 unspecified atom stereocenters. The second-order valence-electron chi connectivity index (χ2n) is 5.95. The number of carbonyl (C=O) groups is 1. The van der Waals surface area contributed by atoms with Crippen LogP contribution < -0.4 is 0 Å². The maximum absolute atomic E-state index is 11.3. The van der Waals surface area contributed by atoms with Gasteiger partial charge in [-0.3, -0.25) is 9.48 Å². The van der Waals surface area contributed by atoms with E-state index >= 15 is 0 Å². The summed E-state index contributed by atoms with van der Waals surface area (Å²) in [5, 5.41) is 4.57. The first-order chi connectivity index (χ1) is 8.79. The van der Waals surface area contributed by atoms with Crippen molar-refractivity contribution < 1.29 is 4.79 Å². The lowest BCUT2D eigenvalue weighted by Gasteiger charge is -2.17. The third-order valence-electron chi connectivity index (χ3n) is 3.14. The zero-order valence-corrected chi connectivity index (χ0v) is 12.2. The fourth-order valence-corrected chi connectivity index (χ4v) is 2.14. The Morgan fingerprint density at radius 2 is 1.74 bits per heavy atom. The van der Waals surface area contributed by atoms with Crippen LogP contribution in [-0.2, 0) is 12.5 Å². The number of Topliss-reactive ketones (excluding diaryl/α,β-unsaturated/α-hetero) is 1. The van der Waals surface area contributed by atoms with Crippen LogP contribution in [0.25, 0.3) is 11.1 Å². The molecule has 0 fully saturated rings. The molecule has 0 aliphatic rings. The maximum Gasteiger partial charge on any atom is 0.159 e. The fourth-order valence-electron chi connectivity index (χ4n) is 2.14. The molecule has 3 heteroatoms. The highest BCUT2D eigenvalue weighted by molar-refractivity contribution is 5.94. The second-order valence-corrected chi connectivity index (χ2v) is 5.95. The van der Waals surface area contributed by atoms with Crippen LogP contribution in [0.15, 0.2) is 30.5 Å². The van der Waals surface area contributed by atoms with E-state index in [0.717, 1.165) is 22.4 Å². The molecule has 100 valence electrons. The van der Waals surface area contributed by atoms with Crippen LogP contribution in [0.2, 0.25) is 0 Å². The predicted molar refractivity (Wildman–Crippen MR) is 77.3 cm³/mol. The van der Waals surface area contributed by atoms with Gasteiger partial charge in [0.2, 0.25) is 0 Å². The van der Waals surface area contributed by atoms with E-state index in [2.05, 4.69) is 25.9 Å². The van der Waals surface area contributed by atoms with Gasteiger partial charge >= 0.3 is 0 Å². The minimum absolute atomic E-state index is 0.00413. The average Bonchev–Trinajstić information content (AvgIpc) is 2.71. The van der Waals surface area contributed by atoms with Gasteiger partial charge in [-0.05, 0) is 12.5 Å². The number of benzene rings is 1. The molecule has 0 aliphatic heterocycles. The summed E-state index contributed by atoms with van der Waals surface area (Å²) in [4.78, 5) is 11.3. The molecular formula is C16H20N2O. The molecule has 0 bridgehead atoms. The van der Waals surface area contributed by atoms with Gasteiger partial charge in [0.15, 0.2) is 5.78 Å². The molecule has 0 N–H and O–H groups in total. The number of hydrogen-bond acceptors (Lipinski definition) is 2. The van der Waals surface area contributed by atoms with E-state index in [9.17, 15) is 4.79 Å². The van der Waals surface area contributed by atoms with E-state index in [-0.39, 0.29) is 11.2 Å². The Hall–Kier alpha value is -1.90. The molecule has 1 aromatic carbocycles. The number of carbonyl (C=O) groups excluding carboxylic acids is 1. The number of ketones is 1. The van der Waals surface area contributed by atoms with E-state index in [0.29, 0.717) is 0 Å². The summed E-state index contributed by atoms with van der Waals surface area (Å²) in [5.74, 6) is 0.0915. The Morgan fingerprint density at radius 1 is 1.16 bits per heavy atom. The first-order valence-electron chi connectivity index (χ1n) is 6.44. The molecule has 0 amide bonds. The molecule has 0 spiro atoms. The molecule has 19 heavy (non-hydrogen) atoms. The maximum atomic E-state index is 11.3. The molecule has 0 saturated carbocycles. The molecule has 2 aromatic rings. The van der Waals surface area contributed by atoms with Crippen LogP contribution in [0, 0.1) is 0 Å². The lowest BCUT2D eigenvalue weighted by atomic mass is 9.87. The largest absolute Gasteiger partial charge is 0.295 e. The van der Waals surface area contributed by atoms with Crippen molar-refractivity contribution in [1.82, 2.24) is 9.78 Å². The Labute approximate surface area is 114 Å². The number of aromatic nitrogens is 2. The topological polar surface area (TPSA) is 34.9 Å². The van der Waals surface area contributed by atoms with Gasteiger partial charge in [-0.1, -0.05) is 45.0 Å². The minimum Gasteiger partial charge on any atom is -0.295 e. The van der Waals surface area contributed by atoms with Crippen molar-refractivity contribution >= 4 is 5.78 Å². The molecule has 0 aliphatic carbocycles. The lowest BCUT2D eigenvalue weighted by molar-refractivity contribution is 0.101. The Morgan fingerprint density at radius 3 is 2.21 bits per heavy atom. The molecule has 1 heterocycles. The normalized spacial score (nSPS) is 11.6. The zero-order valence-electron chi connectivity index (χ0n) is 12.2. The Kier molecular flexibility index (Phi) is 3.31. The van der Waals surface area contributed by atoms with E-state index in [1.54, 1.807) is 6.92 Å². The summed E-state index contributed by atoms with van der Waals surface area (Å²) in [6.45, 7) is 8.05. The van der Waals surface area contributed by atoms with E-state index in [4.69, 9.17) is 0 Å². The lowest BCUT2D eigenvalue weighted by Crippen LogP contribution is -2.13. The quantitative estimate of drug-likeness (QED) is 0.770. The van der Waals surface area contributed by atoms with E-state index in [1.807, 2.05) is 42.2 Å². The summed E-state index contributed by atoms with van der Waals surface area (Å²) < 4.78 is 1.84. The van der Waals surface area contributed by atoms with Gasteiger partial charge < -0.3 is 0 Å². The van der Waals surface area contributed by atoms with Gasteiger partial charge in [0, 0.05) is 29.8 Å². The van der Waals surface area contributed by atoms with Crippen molar-refractivity contribution in [2.24, 2.45) is 7.05 Å². The van der Waals surface area contributed by atoms with Gasteiger partial charge in [-0.2, -0.15) is 5.10 Å². The molecule has 1 aromatic heterocycles. The molecule has 3 nitrogen and oxygen atoms in total. The molecule has 2 rings (SSSR count). The summed E-state index contributed by atoms with van der Waals surface area (Å²) in [6, 6.07) is 7.72. The number of aryl methyl sites for hydroxylation is 1. The van der Waals surface area contributed by atoms with Gasteiger partial charge in [0.1, 0.15) is 0 Å². The molecule has 0 atom stereocenters. The van der Waals surface area contributed by atoms with Crippen molar-refractivity contribution in [3.63, 3.8) is 0 Å². The van der Waals surface area contributed by atoms with E-state index < -0.39 is 0 Å². The highest BCUT2D eigenvalue weighted by Crippen LogP contribution is 2.31. The number of nitrogens with zero attached hydrogens (tertiary/aromatic N) is 2. The molecular weight excluding hydrogens is 236 g/mol. The fraction of sp³-hybridized carbons (Fsp3) is 0.375. The van der Waals surface area contributed by atoms with Crippen LogP contribution in [-0.4, -0.2) is 15.6 Å². The highest BCUT2D eigenvalue weighted by atomic mass is 16.1. The van der Waals surface area contributed by atoms with Gasteiger partial charge in [-0.15, -0.1) is 0 Å². The minimum atomic E-state index is -0.00413. The monoisotopic (exact) mass is 256 g/mol. The summed E-state index contributed by atoms with van der Waals surface area (Å²) in [7, 11) is 1.93. The van der Waals surface area contributed by atoms with Gasteiger partial charge in [-0.25, -0.2) is 0 Å².